The first-order valence-corrected chi connectivity index (χ1v) is 7.56. The van der Waals surface area contributed by atoms with E-state index in [4.69, 9.17) is 10.2 Å². The maximum Gasteiger partial charge on any atom is 0.221 e. The van der Waals surface area contributed by atoms with Crippen LogP contribution in [0.2, 0.25) is 0 Å². The second kappa shape index (κ2) is 7.19. The van der Waals surface area contributed by atoms with E-state index in [9.17, 15) is 14.4 Å². The van der Waals surface area contributed by atoms with Gasteiger partial charge in [0.25, 0.3) is 0 Å². The fourth-order valence-electron chi connectivity index (χ4n) is 2.83. The molecule has 0 unspecified atom stereocenters. The summed E-state index contributed by atoms with van der Waals surface area (Å²) in [5.74, 6) is -0.778. The number of hydrogen-bond donors (Lipinski definition) is 3. The molecule has 128 valence electrons. The zero-order chi connectivity index (χ0) is 17.9. The molecule has 0 bridgehead atoms. The lowest BCUT2D eigenvalue weighted by atomic mass is 9.71. The number of hydrogen-bond acceptors (Lipinski definition) is 5. The van der Waals surface area contributed by atoms with Gasteiger partial charge in [0.1, 0.15) is 0 Å². The van der Waals surface area contributed by atoms with E-state index in [1.165, 1.54) is 0 Å². The highest BCUT2D eigenvalue weighted by Crippen LogP contribution is 2.38. The number of allylic oxidation sites excluding steroid dienone is 4. The molecule has 0 aromatic rings. The van der Waals surface area contributed by atoms with Gasteiger partial charge in [0.05, 0.1) is 19.3 Å². The van der Waals surface area contributed by atoms with E-state index >= 15 is 0 Å². The summed E-state index contributed by atoms with van der Waals surface area (Å²) in [6, 6.07) is -0.735. The summed E-state index contributed by atoms with van der Waals surface area (Å²) in [5.41, 5.74) is 0.741. The normalized spacial score (nSPS) is 16.5. The maximum absolute atomic E-state index is 12.6. The monoisotopic (exact) mass is 323 g/mol. The SMILES string of the molecule is CC1=C(C)C(=O)C(C(C)(C)CC(=O)NC(CO)CO)=C(C)C1=O. The van der Waals surface area contributed by atoms with Crippen LogP contribution in [0.25, 0.3) is 0 Å². The van der Waals surface area contributed by atoms with Crippen molar-refractivity contribution in [3.63, 3.8) is 0 Å². The van der Waals surface area contributed by atoms with Gasteiger partial charge in [0, 0.05) is 34.1 Å². The lowest BCUT2D eigenvalue weighted by Gasteiger charge is -2.31. The van der Waals surface area contributed by atoms with Crippen molar-refractivity contribution in [2.24, 2.45) is 5.41 Å². The van der Waals surface area contributed by atoms with Crippen LogP contribution in [0.1, 0.15) is 41.0 Å². The molecule has 0 aliphatic heterocycles. The summed E-state index contributed by atoms with van der Waals surface area (Å²) in [5, 5.41) is 20.5. The van der Waals surface area contributed by atoms with Gasteiger partial charge in [-0.25, -0.2) is 0 Å². The summed E-state index contributed by atoms with van der Waals surface area (Å²) >= 11 is 0. The fraction of sp³-hybridized carbons (Fsp3) is 0.588. The highest BCUT2D eigenvalue weighted by Gasteiger charge is 2.38. The Kier molecular flexibility index (Phi) is 6.02. The minimum atomic E-state index is -0.835. The van der Waals surface area contributed by atoms with E-state index in [1.807, 2.05) is 0 Å². The standard InChI is InChI=1S/C17H25NO5/c1-9-10(2)16(23)14(11(3)15(9)22)17(4,5)6-13(21)18-12(7-19)8-20/h12,19-20H,6-8H2,1-5H3,(H,18,21). The number of ketones is 2. The molecule has 0 fully saturated rings. The van der Waals surface area contributed by atoms with Crippen molar-refractivity contribution in [3.05, 3.63) is 22.3 Å². The summed E-state index contributed by atoms with van der Waals surface area (Å²) in [4.78, 5) is 36.9. The van der Waals surface area contributed by atoms with Crippen LogP contribution in [-0.4, -0.2) is 46.9 Å². The van der Waals surface area contributed by atoms with E-state index in [1.54, 1.807) is 34.6 Å². The number of carbonyl (C=O) groups excluding carboxylic acids is 3. The van der Waals surface area contributed by atoms with Crippen LogP contribution in [0.5, 0.6) is 0 Å². The predicted octanol–water partition coefficient (Wildman–Crippen LogP) is 0.677. The molecule has 1 aliphatic rings. The number of carbonyl (C=O) groups is 3. The third-order valence-corrected chi connectivity index (χ3v) is 4.27. The lowest BCUT2D eigenvalue weighted by molar-refractivity contribution is -0.124. The van der Waals surface area contributed by atoms with Crippen LogP contribution < -0.4 is 5.32 Å². The van der Waals surface area contributed by atoms with Crippen LogP contribution in [0.3, 0.4) is 0 Å². The number of aliphatic hydroxyl groups is 2. The molecule has 0 heterocycles. The lowest BCUT2D eigenvalue weighted by Crippen LogP contribution is -2.42. The second-order valence-electron chi connectivity index (χ2n) is 6.60. The van der Waals surface area contributed by atoms with Gasteiger partial charge in [-0.2, -0.15) is 0 Å². The van der Waals surface area contributed by atoms with Gasteiger partial charge in [0.2, 0.25) is 5.91 Å². The third kappa shape index (κ3) is 3.95. The molecule has 0 saturated heterocycles. The second-order valence-corrected chi connectivity index (χ2v) is 6.60. The molecule has 0 saturated carbocycles. The first-order chi connectivity index (χ1) is 10.6. The summed E-state index contributed by atoms with van der Waals surface area (Å²) in [6.45, 7) is 7.57. The van der Waals surface area contributed by atoms with E-state index in [0.29, 0.717) is 22.3 Å². The number of Topliss-reactive ketones (excluding diaryl/α,β-unsaturated/α-hetero) is 2. The molecule has 23 heavy (non-hydrogen) atoms. The minimum Gasteiger partial charge on any atom is -0.394 e. The predicted molar refractivity (Wildman–Crippen MR) is 85.6 cm³/mol. The van der Waals surface area contributed by atoms with Crippen molar-refractivity contribution < 1.29 is 24.6 Å². The van der Waals surface area contributed by atoms with E-state index < -0.39 is 17.4 Å². The quantitative estimate of drug-likeness (QED) is 0.624. The zero-order valence-corrected chi connectivity index (χ0v) is 14.3. The van der Waals surface area contributed by atoms with Crippen molar-refractivity contribution in [2.45, 2.75) is 47.1 Å². The van der Waals surface area contributed by atoms with Gasteiger partial charge >= 0.3 is 0 Å². The molecule has 3 N–H and O–H groups in total. The van der Waals surface area contributed by atoms with Crippen molar-refractivity contribution in [2.75, 3.05) is 13.2 Å². The van der Waals surface area contributed by atoms with Gasteiger partial charge in [0.15, 0.2) is 11.6 Å². The molecule has 0 aromatic carbocycles. The summed E-state index contributed by atoms with van der Waals surface area (Å²) < 4.78 is 0. The van der Waals surface area contributed by atoms with Crippen LogP contribution >= 0.6 is 0 Å². The minimum absolute atomic E-state index is 0.0263. The Morgan fingerprint density at radius 3 is 1.96 bits per heavy atom. The molecule has 0 spiro atoms. The van der Waals surface area contributed by atoms with Crippen LogP contribution in [-0.2, 0) is 14.4 Å². The Morgan fingerprint density at radius 1 is 1.00 bits per heavy atom. The molecule has 1 amide bonds. The van der Waals surface area contributed by atoms with E-state index in [-0.39, 0.29) is 31.2 Å². The van der Waals surface area contributed by atoms with Gasteiger partial charge in [-0.15, -0.1) is 0 Å². The average Bonchev–Trinajstić information content (AvgIpc) is 2.47. The topological polar surface area (TPSA) is 104 Å². The molecule has 0 aromatic heterocycles. The first-order valence-electron chi connectivity index (χ1n) is 7.56. The smallest absolute Gasteiger partial charge is 0.221 e. The Morgan fingerprint density at radius 2 is 1.48 bits per heavy atom. The van der Waals surface area contributed by atoms with E-state index in [0.717, 1.165) is 0 Å². The van der Waals surface area contributed by atoms with Crippen molar-refractivity contribution in [1.82, 2.24) is 5.32 Å². The molecule has 0 radical (unpaired) electrons. The van der Waals surface area contributed by atoms with Crippen molar-refractivity contribution >= 4 is 17.5 Å². The number of amides is 1. The van der Waals surface area contributed by atoms with Gasteiger partial charge in [-0.1, -0.05) is 13.8 Å². The molecule has 6 nitrogen and oxygen atoms in total. The highest BCUT2D eigenvalue weighted by molar-refractivity contribution is 6.25. The van der Waals surface area contributed by atoms with Crippen molar-refractivity contribution in [1.29, 1.82) is 0 Å². The first kappa shape index (κ1) is 19.3. The number of aliphatic hydroxyl groups excluding tert-OH is 2. The number of rotatable bonds is 6. The summed E-state index contributed by atoms with van der Waals surface area (Å²) in [6.07, 6.45) is -0.0263. The largest absolute Gasteiger partial charge is 0.394 e. The van der Waals surface area contributed by atoms with Gasteiger partial charge in [-0.3, -0.25) is 14.4 Å². The van der Waals surface area contributed by atoms with Gasteiger partial charge in [-0.05, 0) is 20.8 Å². The average molecular weight is 323 g/mol. The van der Waals surface area contributed by atoms with Crippen LogP contribution in [0.15, 0.2) is 22.3 Å². The maximum atomic E-state index is 12.6. The third-order valence-electron chi connectivity index (χ3n) is 4.27. The fourth-order valence-corrected chi connectivity index (χ4v) is 2.83. The molecule has 1 aliphatic carbocycles. The summed E-state index contributed by atoms with van der Waals surface area (Å²) in [7, 11) is 0. The Labute approximate surface area is 136 Å². The highest BCUT2D eigenvalue weighted by atomic mass is 16.3. The molecular weight excluding hydrogens is 298 g/mol. The molecular formula is C17H25NO5. The molecule has 1 rings (SSSR count). The Hall–Kier alpha value is -1.79. The molecule has 6 heteroatoms. The Balaban J connectivity index is 3.06. The number of nitrogens with one attached hydrogen (secondary N) is 1. The van der Waals surface area contributed by atoms with Crippen LogP contribution in [0, 0.1) is 5.41 Å². The zero-order valence-electron chi connectivity index (χ0n) is 14.3. The van der Waals surface area contributed by atoms with Crippen molar-refractivity contribution in [3.8, 4) is 0 Å². The van der Waals surface area contributed by atoms with Gasteiger partial charge < -0.3 is 15.5 Å². The van der Waals surface area contributed by atoms with E-state index in [2.05, 4.69) is 5.32 Å². The molecule has 0 atom stereocenters. The van der Waals surface area contributed by atoms with Crippen LogP contribution in [0.4, 0.5) is 0 Å². The Bertz CT molecular complexity index is 594.